The summed E-state index contributed by atoms with van der Waals surface area (Å²) in [6, 6.07) is 18.0. The highest BCUT2D eigenvalue weighted by molar-refractivity contribution is 5.97. The van der Waals surface area contributed by atoms with Gasteiger partial charge in [0.05, 0.1) is 0 Å². The van der Waals surface area contributed by atoms with E-state index in [4.69, 9.17) is 10.5 Å². The largest absolute Gasteiger partial charge is 0.508 e. The molecule has 4 amide bonds. The minimum Gasteiger partial charge on any atom is -0.508 e. The number of phenols is 1. The highest BCUT2D eigenvalue weighted by Gasteiger charge is 2.51. The molecule has 0 aromatic heterocycles. The number of primary amides is 1. The van der Waals surface area contributed by atoms with Crippen molar-refractivity contribution in [2.75, 3.05) is 0 Å². The second-order valence-corrected chi connectivity index (χ2v) is 10.4. The van der Waals surface area contributed by atoms with Crippen molar-refractivity contribution >= 4 is 34.4 Å². The number of hydrogen-bond donors (Lipinski definition) is 5. The van der Waals surface area contributed by atoms with Gasteiger partial charge >= 0.3 is 0 Å². The average Bonchev–Trinajstić information content (AvgIpc) is 3.73. The molecule has 0 aliphatic carbocycles. The Kier molecular flexibility index (Phi) is 9.00. The van der Waals surface area contributed by atoms with Crippen LogP contribution in [0.3, 0.4) is 0 Å². The molecule has 1 heterocycles. The van der Waals surface area contributed by atoms with Crippen molar-refractivity contribution < 1.29 is 29.0 Å². The summed E-state index contributed by atoms with van der Waals surface area (Å²) in [6.45, 7) is 4.07. The summed E-state index contributed by atoms with van der Waals surface area (Å²) in [5.41, 5.74) is 7.12. The molecule has 0 spiro atoms. The molecule has 0 unspecified atom stereocenters. The van der Waals surface area contributed by atoms with Gasteiger partial charge in [0.2, 0.25) is 11.8 Å². The number of epoxide rings is 1. The zero-order valence-corrected chi connectivity index (χ0v) is 22.4. The van der Waals surface area contributed by atoms with Crippen LogP contribution in [0.1, 0.15) is 31.4 Å². The molecule has 40 heavy (non-hydrogen) atoms. The van der Waals surface area contributed by atoms with Crippen LogP contribution in [0.15, 0.2) is 66.7 Å². The summed E-state index contributed by atoms with van der Waals surface area (Å²) in [4.78, 5) is 50.6. The molecule has 1 saturated heterocycles. The second kappa shape index (κ2) is 12.6. The Labute approximate surface area is 232 Å². The van der Waals surface area contributed by atoms with Gasteiger partial charge in [0.1, 0.15) is 17.8 Å². The molecule has 6 N–H and O–H groups in total. The molecular weight excluding hydrogens is 512 g/mol. The number of phenolic OH excluding ortho intramolecular Hbond substituents is 1. The highest BCUT2D eigenvalue weighted by atomic mass is 16.6. The van der Waals surface area contributed by atoms with Gasteiger partial charge in [-0.3, -0.25) is 19.2 Å². The first-order chi connectivity index (χ1) is 19.1. The van der Waals surface area contributed by atoms with Gasteiger partial charge < -0.3 is 31.5 Å². The standard InChI is InChI=1S/C30H34N4O6/c1-17(2)13-24(28(37)33-23(27(31)36)15-18-8-11-22(35)12-9-18)34-30(39)26-25(40-26)29(38)32-16-19-7-10-20-5-3-4-6-21(20)14-19/h3-12,14,17,23-26,35H,13,15-16H2,1-2H3,(H2,31,36)(H,32,38)(H,33,37)(H,34,39)/t23-,24-,25+,26+/m0/s1. The Balaban J connectivity index is 1.31. The first-order valence-electron chi connectivity index (χ1n) is 13.2. The summed E-state index contributed by atoms with van der Waals surface area (Å²) in [5, 5.41) is 19.7. The quantitative estimate of drug-likeness (QED) is 0.217. The SMILES string of the molecule is CC(C)C[C@H](NC(=O)[C@@H]1O[C@H]1C(=O)NCc1ccc2ccccc2c1)C(=O)N[C@@H](Cc1ccc(O)cc1)C(N)=O. The zero-order valence-electron chi connectivity index (χ0n) is 22.4. The zero-order chi connectivity index (χ0) is 28.8. The molecule has 0 saturated carbocycles. The molecule has 0 radical (unpaired) electrons. The van der Waals surface area contributed by atoms with Gasteiger partial charge in [0.15, 0.2) is 12.2 Å². The van der Waals surface area contributed by atoms with Gasteiger partial charge in [0, 0.05) is 13.0 Å². The van der Waals surface area contributed by atoms with E-state index in [0.717, 1.165) is 16.3 Å². The molecule has 1 aliphatic heterocycles. The van der Waals surface area contributed by atoms with Crippen molar-refractivity contribution in [2.24, 2.45) is 11.7 Å². The van der Waals surface area contributed by atoms with E-state index in [9.17, 15) is 24.3 Å². The Bertz CT molecular complexity index is 1390. The maximum absolute atomic E-state index is 13.1. The fraction of sp³-hybridized carbons (Fsp3) is 0.333. The molecule has 0 bridgehead atoms. The number of amides is 4. The molecule has 10 heteroatoms. The lowest BCUT2D eigenvalue weighted by molar-refractivity contribution is -0.132. The molecular formula is C30H34N4O6. The van der Waals surface area contributed by atoms with Gasteiger partial charge in [-0.05, 0) is 52.4 Å². The molecule has 1 fully saturated rings. The van der Waals surface area contributed by atoms with Crippen LogP contribution in [0.4, 0.5) is 0 Å². The lowest BCUT2D eigenvalue weighted by atomic mass is 10.0. The maximum atomic E-state index is 13.1. The van der Waals surface area contributed by atoms with Crippen molar-refractivity contribution in [3.63, 3.8) is 0 Å². The minimum atomic E-state index is -1.02. The van der Waals surface area contributed by atoms with E-state index < -0.39 is 47.9 Å². The fourth-order valence-corrected chi connectivity index (χ4v) is 4.47. The second-order valence-electron chi connectivity index (χ2n) is 10.4. The Morgan fingerprint density at radius 3 is 2.17 bits per heavy atom. The van der Waals surface area contributed by atoms with Crippen LogP contribution in [0, 0.1) is 5.92 Å². The Morgan fingerprint density at radius 2 is 1.50 bits per heavy atom. The van der Waals surface area contributed by atoms with Crippen LogP contribution in [-0.2, 0) is 36.9 Å². The minimum absolute atomic E-state index is 0.0429. The van der Waals surface area contributed by atoms with Crippen LogP contribution in [0.5, 0.6) is 5.75 Å². The summed E-state index contributed by atoms with van der Waals surface area (Å²) in [6.07, 6.45) is -1.54. The van der Waals surface area contributed by atoms with Crippen molar-refractivity contribution in [2.45, 2.75) is 57.5 Å². The van der Waals surface area contributed by atoms with Gasteiger partial charge in [-0.25, -0.2) is 0 Å². The molecule has 1 aliphatic rings. The van der Waals surface area contributed by atoms with Gasteiger partial charge in [-0.15, -0.1) is 0 Å². The number of hydrogen-bond acceptors (Lipinski definition) is 6. The highest BCUT2D eigenvalue weighted by Crippen LogP contribution is 2.23. The molecule has 10 nitrogen and oxygen atoms in total. The number of ether oxygens (including phenoxy) is 1. The number of benzene rings is 3. The van der Waals surface area contributed by atoms with E-state index in [0.29, 0.717) is 12.0 Å². The third kappa shape index (κ3) is 7.57. The summed E-state index contributed by atoms with van der Waals surface area (Å²) >= 11 is 0. The number of nitrogens with two attached hydrogens (primary N) is 1. The van der Waals surface area contributed by atoms with E-state index >= 15 is 0 Å². The summed E-state index contributed by atoms with van der Waals surface area (Å²) in [5.74, 6) is -2.18. The fourth-order valence-electron chi connectivity index (χ4n) is 4.47. The van der Waals surface area contributed by atoms with Crippen molar-refractivity contribution in [1.82, 2.24) is 16.0 Å². The van der Waals surface area contributed by atoms with Crippen molar-refractivity contribution in [3.05, 3.63) is 77.9 Å². The normalized spacial score (nSPS) is 17.6. The summed E-state index contributed by atoms with van der Waals surface area (Å²) in [7, 11) is 0. The Hall–Kier alpha value is -4.44. The van der Waals surface area contributed by atoms with E-state index in [1.54, 1.807) is 12.1 Å². The van der Waals surface area contributed by atoms with Crippen LogP contribution >= 0.6 is 0 Å². The first-order valence-corrected chi connectivity index (χ1v) is 13.2. The maximum Gasteiger partial charge on any atom is 0.253 e. The molecule has 210 valence electrons. The van der Waals surface area contributed by atoms with Gasteiger partial charge in [-0.1, -0.05) is 62.4 Å². The van der Waals surface area contributed by atoms with E-state index in [-0.39, 0.29) is 24.6 Å². The number of carbonyl (C=O) groups is 4. The molecule has 4 atom stereocenters. The topological polar surface area (TPSA) is 163 Å². The number of carbonyl (C=O) groups excluding carboxylic acids is 4. The lowest BCUT2D eigenvalue weighted by Gasteiger charge is -2.23. The van der Waals surface area contributed by atoms with Crippen molar-refractivity contribution in [1.29, 1.82) is 0 Å². The van der Waals surface area contributed by atoms with E-state index in [2.05, 4.69) is 16.0 Å². The number of aromatic hydroxyl groups is 1. The van der Waals surface area contributed by atoms with Gasteiger partial charge in [-0.2, -0.15) is 0 Å². The summed E-state index contributed by atoms with van der Waals surface area (Å²) < 4.78 is 5.34. The van der Waals surface area contributed by atoms with Crippen molar-refractivity contribution in [3.8, 4) is 5.75 Å². The lowest BCUT2D eigenvalue weighted by Crippen LogP contribution is -2.54. The van der Waals surface area contributed by atoms with E-state index in [1.165, 1.54) is 12.1 Å². The monoisotopic (exact) mass is 546 g/mol. The third-order valence-electron chi connectivity index (χ3n) is 6.67. The van der Waals surface area contributed by atoms with Gasteiger partial charge in [0.25, 0.3) is 11.8 Å². The number of nitrogens with one attached hydrogen (secondary N) is 3. The molecule has 4 rings (SSSR count). The molecule has 3 aromatic rings. The molecule has 3 aromatic carbocycles. The third-order valence-corrected chi connectivity index (χ3v) is 6.67. The predicted octanol–water partition coefficient (Wildman–Crippen LogP) is 1.67. The predicted molar refractivity (Wildman–Crippen MR) is 149 cm³/mol. The van der Waals surface area contributed by atoms with Crippen LogP contribution in [0.2, 0.25) is 0 Å². The number of rotatable bonds is 12. The number of fused-ring (bicyclic) bond motifs is 1. The van der Waals surface area contributed by atoms with Crippen LogP contribution in [0.25, 0.3) is 10.8 Å². The Morgan fingerprint density at radius 1 is 0.850 bits per heavy atom. The average molecular weight is 547 g/mol. The van der Waals surface area contributed by atoms with E-state index in [1.807, 2.05) is 56.3 Å². The van der Waals surface area contributed by atoms with Crippen LogP contribution < -0.4 is 21.7 Å². The van der Waals surface area contributed by atoms with Crippen LogP contribution in [-0.4, -0.2) is 53.0 Å². The smallest absolute Gasteiger partial charge is 0.253 e. The first kappa shape index (κ1) is 28.6.